The Morgan fingerprint density at radius 2 is 2.00 bits per heavy atom. The summed E-state index contributed by atoms with van der Waals surface area (Å²) in [5.74, 6) is 0. The van der Waals surface area contributed by atoms with Gasteiger partial charge in [-0.05, 0) is 38.0 Å². The van der Waals surface area contributed by atoms with Crippen molar-refractivity contribution in [3.63, 3.8) is 0 Å². The van der Waals surface area contributed by atoms with Gasteiger partial charge in [-0.3, -0.25) is 0 Å². The largest absolute Gasteiger partial charge is 0.398 e. The summed E-state index contributed by atoms with van der Waals surface area (Å²) in [6.07, 6.45) is 2.53. The second-order valence-corrected chi connectivity index (χ2v) is 7.20. The summed E-state index contributed by atoms with van der Waals surface area (Å²) in [5.41, 5.74) is 6.02. The number of nitrogens with two attached hydrogens (primary N) is 1. The zero-order valence-electron chi connectivity index (χ0n) is 12.3. The molecule has 1 atom stereocenters. The summed E-state index contributed by atoms with van der Waals surface area (Å²) < 4.78 is 27.1. The standard InChI is InChI=1S/C14H23ClN2O2S/c1-4-6-9-17(11(3)5-2)20(18,19)14-8-7-12(15)10-13(14)16/h7-8,10-11H,4-6,9,16H2,1-3H3. The van der Waals surface area contributed by atoms with Crippen molar-refractivity contribution in [3.05, 3.63) is 23.2 Å². The molecule has 1 aromatic carbocycles. The molecule has 2 N–H and O–H groups in total. The number of anilines is 1. The van der Waals surface area contributed by atoms with Crippen LogP contribution < -0.4 is 5.73 Å². The molecule has 1 unspecified atom stereocenters. The first kappa shape index (κ1) is 17.3. The summed E-state index contributed by atoms with van der Waals surface area (Å²) in [4.78, 5) is 0.137. The van der Waals surface area contributed by atoms with E-state index in [1.807, 2.05) is 20.8 Å². The fourth-order valence-electron chi connectivity index (χ4n) is 1.98. The number of hydrogen-bond donors (Lipinski definition) is 1. The molecular weight excluding hydrogens is 296 g/mol. The van der Waals surface area contributed by atoms with Gasteiger partial charge in [0, 0.05) is 17.6 Å². The zero-order valence-corrected chi connectivity index (χ0v) is 13.8. The highest BCUT2D eigenvalue weighted by atomic mass is 35.5. The molecule has 0 aliphatic carbocycles. The van der Waals surface area contributed by atoms with E-state index in [0.717, 1.165) is 19.3 Å². The second-order valence-electron chi connectivity index (χ2n) is 4.91. The maximum absolute atomic E-state index is 12.8. The van der Waals surface area contributed by atoms with Gasteiger partial charge in [-0.1, -0.05) is 31.9 Å². The van der Waals surface area contributed by atoms with E-state index >= 15 is 0 Å². The van der Waals surface area contributed by atoms with Crippen LogP contribution in [-0.4, -0.2) is 25.3 Å². The molecule has 20 heavy (non-hydrogen) atoms. The molecule has 6 heteroatoms. The van der Waals surface area contributed by atoms with E-state index in [1.165, 1.54) is 16.4 Å². The Hall–Kier alpha value is -0.780. The third-order valence-corrected chi connectivity index (χ3v) is 5.70. The summed E-state index contributed by atoms with van der Waals surface area (Å²) in [6, 6.07) is 4.46. The Bertz CT molecular complexity index is 546. The number of unbranched alkanes of at least 4 members (excludes halogenated alkanes) is 1. The molecular formula is C14H23ClN2O2S. The third-order valence-electron chi connectivity index (χ3n) is 3.37. The van der Waals surface area contributed by atoms with Crippen molar-refractivity contribution in [1.29, 1.82) is 0 Å². The van der Waals surface area contributed by atoms with E-state index in [1.54, 1.807) is 6.07 Å². The van der Waals surface area contributed by atoms with Crippen LogP contribution in [0.25, 0.3) is 0 Å². The lowest BCUT2D eigenvalue weighted by atomic mass is 10.2. The molecule has 1 rings (SSSR count). The van der Waals surface area contributed by atoms with Crippen molar-refractivity contribution in [2.24, 2.45) is 0 Å². The minimum absolute atomic E-state index is 0.0540. The summed E-state index contributed by atoms with van der Waals surface area (Å²) in [7, 11) is -3.58. The van der Waals surface area contributed by atoms with Gasteiger partial charge in [0.1, 0.15) is 4.90 Å². The summed E-state index contributed by atoms with van der Waals surface area (Å²) in [5, 5.41) is 0.435. The molecule has 0 aliphatic heterocycles. The van der Waals surface area contributed by atoms with Crippen LogP contribution in [0.5, 0.6) is 0 Å². The van der Waals surface area contributed by atoms with E-state index in [0.29, 0.717) is 11.6 Å². The van der Waals surface area contributed by atoms with Gasteiger partial charge >= 0.3 is 0 Å². The summed E-state index contributed by atoms with van der Waals surface area (Å²) >= 11 is 5.83. The van der Waals surface area contributed by atoms with Gasteiger partial charge in [0.2, 0.25) is 10.0 Å². The topological polar surface area (TPSA) is 63.4 Å². The molecule has 0 heterocycles. The Kier molecular flexibility index (Phi) is 6.30. The second kappa shape index (κ2) is 7.29. The molecule has 0 radical (unpaired) electrons. The SMILES string of the molecule is CCCCN(C(C)CC)S(=O)(=O)c1ccc(Cl)cc1N. The minimum Gasteiger partial charge on any atom is -0.398 e. The average molecular weight is 319 g/mol. The Morgan fingerprint density at radius 3 is 2.50 bits per heavy atom. The first-order valence-corrected chi connectivity index (χ1v) is 8.73. The predicted octanol–water partition coefficient (Wildman–Crippen LogP) is 3.51. The Balaban J connectivity index is 3.21. The molecule has 0 spiro atoms. The molecule has 114 valence electrons. The predicted molar refractivity (Wildman–Crippen MR) is 84.4 cm³/mol. The van der Waals surface area contributed by atoms with Crippen LogP contribution >= 0.6 is 11.6 Å². The smallest absolute Gasteiger partial charge is 0.245 e. The van der Waals surface area contributed by atoms with Crippen molar-refractivity contribution in [2.75, 3.05) is 12.3 Å². The van der Waals surface area contributed by atoms with E-state index < -0.39 is 10.0 Å². The first-order chi connectivity index (χ1) is 9.34. The molecule has 0 fully saturated rings. The van der Waals surface area contributed by atoms with Crippen molar-refractivity contribution in [2.45, 2.75) is 51.0 Å². The van der Waals surface area contributed by atoms with Crippen molar-refractivity contribution in [3.8, 4) is 0 Å². The lowest BCUT2D eigenvalue weighted by molar-refractivity contribution is 0.324. The van der Waals surface area contributed by atoms with Gasteiger partial charge in [0.15, 0.2) is 0 Å². The van der Waals surface area contributed by atoms with Crippen LogP contribution in [0.1, 0.15) is 40.0 Å². The quantitative estimate of drug-likeness (QED) is 0.782. The van der Waals surface area contributed by atoms with Crippen LogP contribution in [0.3, 0.4) is 0 Å². The van der Waals surface area contributed by atoms with Crippen LogP contribution in [0, 0.1) is 0 Å². The molecule has 0 aliphatic rings. The van der Waals surface area contributed by atoms with Crippen molar-refractivity contribution >= 4 is 27.3 Å². The maximum Gasteiger partial charge on any atom is 0.245 e. The van der Waals surface area contributed by atoms with Crippen LogP contribution in [0.15, 0.2) is 23.1 Å². The van der Waals surface area contributed by atoms with E-state index in [4.69, 9.17) is 17.3 Å². The molecule has 0 saturated carbocycles. The third kappa shape index (κ3) is 3.87. The van der Waals surface area contributed by atoms with Gasteiger partial charge in [-0.25, -0.2) is 8.42 Å². The lowest BCUT2D eigenvalue weighted by Crippen LogP contribution is -2.39. The van der Waals surface area contributed by atoms with E-state index in [9.17, 15) is 8.42 Å². The highest BCUT2D eigenvalue weighted by Crippen LogP contribution is 2.27. The van der Waals surface area contributed by atoms with Crippen molar-refractivity contribution < 1.29 is 8.42 Å². The first-order valence-electron chi connectivity index (χ1n) is 6.91. The molecule has 0 aromatic heterocycles. The molecule has 0 saturated heterocycles. The monoisotopic (exact) mass is 318 g/mol. The normalized spacial score (nSPS) is 13.7. The number of hydrogen-bond acceptors (Lipinski definition) is 3. The average Bonchev–Trinajstić information content (AvgIpc) is 2.38. The number of nitrogen functional groups attached to an aromatic ring is 1. The van der Waals surface area contributed by atoms with Crippen LogP contribution in [0.2, 0.25) is 5.02 Å². The number of benzene rings is 1. The number of rotatable bonds is 7. The van der Waals surface area contributed by atoms with Gasteiger partial charge in [0.25, 0.3) is 0 Å². The Morgan fingerprint density at radius 1 is 1.35 bits per heavy atom. The highest BCUT2D eigenvalue weighted by molar-refractivity contribution is 7.89. The van der Waals surface area contributed by atoms with E-state index in [-0.39, 0.29) is 16.6 Å². The van der Waals surface area contributed by atoms with Gasteiger partial charge in [-0.15, -0.1) is 0 Å². The molecule has 1 aromatic rings. The zero-order chi connectivity index (χ0) is 15.3. The van der Waals surface area contributed by atoms with Crippen molar-refractivity contribution in [1.82, 2.24) is 4.31 Å². The lowest BCUT2D eigenvalue weighted by Gasteiger charge is -2.28. The molecule has 0 bridgehead atoms. The fraction of sp³-hybridized carbons (Fsp3) is 0.571. The number of sulfonamides is 1. The van der Waals surface area contributed by atoms with Gasteiger partial charge in [0.05, 0.1) is 5.69 Å². The van der Waals surface area contributed by atoms with Crippen LogP contribution in [0.4, 0.5) is 5.69 Å². The van der Waals surface area contributed by atoms with Crippen LogP contribution in [-0.2, 0) is 10.0 Å². The van der Waals surface area contributed by atoms with Gasteiger partial charge in [-0.2, -0.15) is 4.31 Å². The summed E-state index contributed by atoms with van der Waals surface area (Å²) in [6.45, 7) is 6.44. The van der Waals surface area contributed by atoms with E-state index in [2.05, 4.69) is 0 Å². The molecule has 0 amide bonds. The number of halogens is 1. The minimum atomic E-state index is -3.58. The maximum atomic E-state index is 12.8. The van der Waals surface area contributed by atoms with Gasteiger partial charge < -0.3 is 5.73 Å². The highest BCUT2D eigenvalue weighted by Gasteiger charge is 2.29. The fourth-order valence-corrected chi connectivity index (χ4v) is 4.00. The Labute approximate surface area is 127 Å². The number of nitrogens with zero attached hydrogens (tertiary/aromatic N) is 1. The molecule has 4 nitrogen and oxygen atoms in total.